The lowest BCUT2D eigenvalue weighted by Crippen LogP contribution is -2.77. The van der Waals surface area contributed by atoms with Crippen molar-refractivity contribution in [2.24, 2.45) is 0 Å². The Morgan fingerprint density at radius 1 is 1.27 bits per heavy atom. The molecular weight excluding hydrogens is 588 g/mol. The molecular formula is C32H33BrN2O4S. The van der Waals surface area contributed by atoms with Crippen LogP contribution in [-0.2, 0) is 23.1 Å². The third-order valence-corrected chi connectivity index (χ3v) is 11.5. The number of piperidine rings is 1. The molecule has 40 heavy (non-hydrogen) atoms. The number of phenolic OH excluding ortho intramolecular Hbond substituents is 1. The Morgan fingerprint density at radius 3 is 2.88 bits per heavy atom. The molecule has 5 atom stereocenters. The van der Waals surface area contributed by atoms with E-state index < -0.39 is 11.0 Å². The molecule has 8 heteroatoms. The van der Waals surface area contributed by atoms with Gasteiger partial charge in [0, 0.05) is 58.5 Å². The van der Waals surface area contributed by atoms with Crippen molar-refractivity contribution in [3.05, 3.63) is 86.0 Å². The van der Waals surface area contributed by atoms with Crippen LogP contribution in [0.5, 0.6) is 11.5 Å². The zero-order valence-corrected chi connectivity index (χ0v) is 24.8. The Morgan fingerprint density at radius 2 is 2.10 bits per heavy atom. The second-order valence-electron chi connectivity index (χ2n) is 11.7. The third-order valence-electron chi connectivity index (χ3n) is 9.89. The molecule has 208 valence electrons. The van der Waals surface area contributed by atoms with Crippen molar-refractivity contribution in [2.75, 3.05) is 20.1 Å². The van der Waals surface area contributed by atoms with E-state index in [2.05, 4.69) is 45.1 Å². The number of phenols is 1. The van der Waals surface area contributed by atoms with Gasteiger partial charge in [0.1, 0.15) is 6.10 Å². The van der Waals surface area contributed by atoms with Crippen molar-refractivity contribution >= 4 is 39.2 Å². The molecule has 0 radical (unpaired) electrons. The van der Waals surface area contributed by atoms with E-state index in [1.165, 1.54) is 11.1 Å². The Kier molecular flexibility index (Phi) is 6.38. The van der Waals surface area contributed by atoms with Gasteiger partial charge in [0.25, 0.3) is 0 Å². The van der Waals surface area contributed by atoms with Gasteiger partial charge in [-0.15, -0.1) is 11.3 Å². The predicted octanol–water partition coefficient (Wildman–Crippen LogP) is 5.15. The average molecular weight is 622 g/mol. The zero-order chi connectivity index (χ0) is 27.6. The number of benzene rings is 2. The number of halogens is 1. The minimum absolute atomic E-state index is 0.0879. The summed E-state index contributed by atoms with van der Waals surface area (Å²) in [6.07, 6.45) is 6.64. The third kappa shape index (κ3) is 3.91. The van der Waals surface area contributed by atoms with E-state index in [0.29, 0.717) is 25.0 Å². The summed E-state index contributed by atoms with van der Waals surface area (Å²) < 4.78 is 7.54. The smallest absolute Gasteiger partial charge is 0.246 e. The number of aliphatic hydroxyl groups is 1. The zero-order valence-electron chi connectivity index (χ0n) is 22.4. The number of hydrogen-bond acceptors (Lipinski definition) is 6. The highest BCUT2D eigenvalue weighted by Crippen LogP contribution is 2.65. The molecule has 2 fully saturated rings. The SMILES string of the molecule is CN(C(=O)/C=C/c1cc(Br)cs1)[C@H]1C[C@@H]2Oc3c(O)ccc4c3[C@@]23CCN(CCc2ccccc2)[C@H](C4)[C@]3(O)C1. The molecule has 6 nitrogen and oxygen atoms in total. The fourth-order valence-corrected chi connectivity index (χ4v) is 9.31. The molecule has 7 rings (SSSR count). The average Bonchev–Trinajstić information content (AvgIpc) is 3.52. The fraction of sp³-hybridized carbons (Fsp3) is 0.406. The van der Waals surface area contributed by atoms with E-state index in [1.807, 2.05) is 36.7 Å². The molecule has 1 saturated carbocycles. The van der Waals surface area contributed by atoms with Crippen LogP contribution in [0.25, 0.3) is 6.08 Å². The van der Waals surface area contributed by atoms with Gasteiger partial charge in [-0.25, -0.2) is 0 Å². The Hall–Kier alpha value is -2.65. The lowest BCUT2D eigenvalue weighted by molar-refractivity contribution is -0.197. The first-order valence-corrected chi connectivity index (χ1v) is 15.7. The van der Waals surface area contributed by atoms with E-state index >= 15 is 0 Å². The van der Waals surface area contributed by atoms with Crippen molar-refractivity contribution in [1.82, 2.24) is 9.80 Å². The van der Waals surface area contributed by atoms with Crippen LogP contribution in [-0.4, -0.2) is 69.8 Å². The number of ether oxygens (including phenoxy) is 1. The largest absolute Gasteiger partial charge is 0.504 e. The molecule has 3 heterocycles. The molecule has 2 N–H and O–H groups in total. The second kappa shape index (κ2) is 9.72. The van der Waals surface area contributed by atoms with Gasteiger partial charge in [0.15, 0.2) is 11.5 Å². The minimum Gasteiger partial charge on any atom is -0.504 e. The highest BCUT2D eigenvalue weighted by Gasteiger charge is 2.72. The summed E-state index contributed by atoms with van der Waals surface area (Å²) in [5.41, 5.74) is 1.80. The second-order valence-corrected chi connectivity index (χ2v) is 13.6. The molecule has 1 amide bonds. The van der Waals surface area contributed by atoms with Crippen molar-refractivity contribution in [1.29, 1.82) is 0 Å². The van der Waals surface area contributed by atoms with Gasteiger partial charge in [-0.05, 0) is 77.5 Å². The Balaban J connectivity index is 1.22. The van der Waals surface area contributed by atoms with Gasteiger partial charge in [0.05, 0.1) is 11.0 Å². The standard InChI is InChI=1S/C32H33BrN2O4S/c1-34(28(37)10-8-24-16-22(33)19-40-24)23-17-27-31-12-14-35(13-11-20-5-3-2-4-6-20)26(32(31,38)18-23)15-21-7-9-25(36)30(39-27)29(21)31/h2-10,16,19,23,26-27,36,38H,11-15,17-18H2,1H3/b10-8+/t23-,26+,27-,31+,32+/m0/s1. The topological polar surface area (TPSA) is 73.2 Å². The number of rotatable bonds is 6. The lowest BCUT2D eigenvalue weighted by Gasteiger charge is -2.64. The number of nitrogens with zero attached hydrogens (tertiary/aromatic N) is 2. The van der Waals surface area contributed by atoms with Gasteiger partial charge >= 0.3 is 0 Å². The summed E-state index contributed by atoms with van der Waals surface area (Å²) in [7, 11) is 1.83. The number of likely N-dealkylation sites (tertiary alicyclic amines) is 1. The van der Waals surface area contributed by atoms with Crippen LogP contribution < -0.4 is 4.74 Å². The molecule has 2 aromatic carbocycles. The maximum Gasteiger partial charge on any atom is 0.246 e. The van der Waals surface area contributed by atoms with Gasteiger partial charge in [-0.3, -0.25) is 9.69 Å². The van der Waals surface area contributed by atoms with E-state index in [0.717, 1.165) is 40.8 Å². The predicted molar refractivity (Wildman–Crippen MR) is 160 cm³/mol. The van der Waals surface area contributed by atoms with Crippen LogP contribution in [0.4, 0.5) is 0 Å². The van der Waals surface area contributed by atoms with E-state index in [-0.39, 0.29) is 29.8 Å². The normalized spacial score (nSPS) is 30.2. The van der Waals surface area contributed by atoms with E-state index in [9.17, 15) is 15.0 Å². The molecule has 1 spiro atoms. The van der Waals surface area contributed by atoms with Crippen LogP contribution in [0, 0.1) is 0 Å². The first-order chi connectivity index (χ1) is 19.3. The van der Waals surface area contributed by atoms with Crippen LogP contribution in [0.1, 0.15) is 40.8 Å². The summed E-state index contributed by atoms with van der Waals surface area (Å²) in [4.78, 5) is 18.6. The Bertz CT molecular complexity index is 1490. The van der Waals surface area contributed by atoms with Crippen molar-refractivity contribution < 1.29 is 19.7 Å². The monoisotopic (exact) mass is 620 g/mol. The molecule has 4 aliphatic rings. The maximum atomic E-state index is 13.3. The maximum absolute atomic E-state index is 13.3. The van der Waals surface area contributed by atoms with Crippen LogP contribution in [0.3, 0.4) is 0 Å². The summed E-state index contributed by atoms with van der Waals surface area (Å²) in [6, 6.07) is 16.0. The molecule has 1 saturated heterocycles. The summed E-state index contributed by atoms with van der Waals surface area (Å²) in [5, 5.41) is 25.7. The number of thiophene rings is 1. The van der Waals surface area contributed by atoms with Crippen LogP contribution >= 0.6 is 27.3 Å². The van der Waals surface area contributed by atoms with Gasteiger partial charge in [0.2, 0.25) is 5.91 Å². The number of aromatic hydroxyl groups is 1. The van der Waals surface area contributed by atoms with Gasteiger partial charge < -0.3 is 19.8 Å². The number of carbonyl (C=O) groups excluding carboxylic acids is 1. The molecule has 1 aromatic heterocycles. The molecule has 2 aliphatic heterocycles. The quantitative estimate of drug-likeness (QED) is 0.373. The van der Waals surface area contributed by atoms with E-state index in [1.54, 1.807) is 28.4 Å². The number of likely N-dealkylation sites (N-methyl/N-ethyl adjacent to an activating group) is 1. The summed E-state index contributed by atoms with van der Waals surface area (Å²) in [5.74, 6) is 0.589. The molecule has 2 aliphatic carbocycles. The first-order valence-electron chi connectivity index (χ1n) is 14.0. The minimum atomic E-state index is -1.08. The molecule has 0 unspecified atom stereocenters. The summed E-state index contributed by atoms with van der Waals surface area (Å²) >= 11 is 5.04. The van der Waals surface area contributed by atoms with Gasteiger partial charge in [-0.1, -0.05) is 36.4 Å². The Labute approximate surface area is 247 Å². The van der Waals surface area contributed by atoms with Crippen LogP contribution in [0.15, 0.2) is 64.5 Å². The highest BCUT2D eigenvalue weighted by atomic mass is 79.9. The lowest BCUT2D eigenvalue weighted by atomic mass is 9.48. The fourth-order valence-electron chi connectivity index (χ4n) is 7.98. The van der Waals surface area contributed by atoms with Crippen molar-refractivity contribution in [2.45, 2.75) is 61.3 Å². The van der Waals surface area contributed by atoms with Crippen LogP contribution in [0.2, 0.25) is 0 Å². The number of amides is 1. The first kappa shape index (κ1) is 26.3. The molecule has 3 aromatic rings. The summed E-state index contributed by atoms with van der Waals surface area (Å²) in [6.45, 7) is 1.73. The molecule has 2 bridgehead atoms. The van der Waals surface area contributed by atoms with Crippen molar-refractivity contribution in [3.8, 4) is 11.5 Å². The highest BCUT2D eigenvalue weighted by molar-refractivity contribution is 9.10. The van der Waals surface area contributed by atoms with Crippen molar-refractivity contribution in [3.63, 3.8) is 0 Å². The number of carbonyl (C=O) groups is 1. The van der Waals surface area contributed by atoms with Gasteiger partial charge in [-0.2, -0.15) is 0 Å². The number of hydrogen-bond donors (Lipinski definition) is 2. The van der Waals surface area contributed by atoms with E-state index in [4.69, 9.17) is 4.74 Å².